The summed E-state index contributed by atoms with van der Waals surface area (Å²) in [5, 5.41) is 0. The Morgan fingerprint density at radius 3 is 2.40 bits per heavy atom. The lowest BCUT2D eigenvalue weighted by atomic mass is 10.3. The van der Waals surface area contributed by atoms with E-state index in [1.165, 1.54) is 24.3 Å². The van der Waals surface area contributed by atoms with Crippen LogP contribution >= 0.6 is 0 Å². The van der Waals surface area contributed by atoms with E-state index in [0.29, 0.717) is 5.75 Å². The molecule has 0 amide bonds. The smallest absolute Gasteiger partial charge is 0.351 e. The fourth-order valence-electron chi connectivity index (χ4n) is 0.863. The SMILES string of the molecule is CC(=O)OC(=O)COc1ccc(F)cc1. The van der Waals surface area contributed by atoms with Crippen molar-refractivity contribution in [1.82, 2.24) is 0 Å². The lowest BCUT2D eigenvalue weighted by molar-refractivity contribution is -0.159. The number of rotatable bonds is 3. The van der Waals surface area contributed by atoms with E-state index < -0.39 is 17.8 Å². The number of carbonyl (C=O) groups excluding carboxylic acids is 2. The van der Waals surface area contributed by atoms with E-state index in [0.717, 1.165) is 6.92 Å². The molecule has 0 saturated carbocycles. The van der Waals surface area contributed by atoms with Crippen LogP contribution in [0.3, 0.4) is 0 Å². The number of ether oxygens (including phenoxy) is 2. The highest BCUT2D eigenvalue weighted by atomic mass is 19.1. The summed E-state index contributed by atoms with van der Waals surface area (Å²) >= 11 is 0. The molecular formula is C10H9FO4. The van der Waals surface area contributed by atoms with Crippen molar-refractivity contribution in [2.24, 2.45) is 0 Å². The minimum atomic E-state index is -0.785. The minimum absolute atomic E-state index is 0.330. The van der Waals surface area contributed by atoms with Gasteiger partial charge >= 0.3 is 11.9 Å². The molecule has 0 unspecified atom stereocenters. The van der Waals surface area contributed by atoms with Gasteiger partial charge in [0.1, 0.15) is 11.6 Å². The molecule has 0 bridgehead atoms. The van der Waals surface area contributed by atoms with E-state index in [2.05, 4.69) is 4.74 Å². The van der Waals surface area contributed by atoms with Crippen LogP contribution in [-0.4, -0.2) is 18.5 Å². The second-order valence-corrected chi connectivity index (χ2v) is 2.71. The lowest BCUT2D eigenvalue weighted by Crippen LogP contribution is -2.17. The Hall–Kier alpha value is -1.91. The zero-order valence-corrected chi connectivity index (χ0v) is 8.03. The molecule has 0 aliphatic heterocycles. The largest absolute Gasteiger partial charge is 0.482 e. The number of benzene rings is 1. The number of esters is 2. The van der Waals surface area contributed by atoms with Gasteiger partial charge in [-0.25, -0.2) is 9.18 Å². The number of hydrogen-bond donors (Lipinski definition) is 0. The highest BCUT2D eigenvalue weighted by Crippen LogP contribution is 2.10. The fraction of sp³-hybridized carbons (Fsp3) is 0.200. The summed E-state index contributed by atoms with van der Waals surface area (Å²) in [6, 6.07) is 5.14. The average Bonchev–Trinajstić information content (AvgIpc) is 2.16. The standard InChI is InChI=1S/C10H9FO4/c1-7(12)15-10(13)6-14-9-4-2-8(11)3-5-9/h2-5H,6H2,1H3. The normalized spacial score (nSPS) is 9.47. The van der Waals surface area contributed by atoms with Crippen LogP contribution in [0.1, 0.15) is 6.92 Å². The molecule has 4 nitrogen and oxygen atoms in total. The van der Waals surface area contributed by atoms with Crippen molar-refractivity contribution in [2.45, 2.75) is 6.92 Å². The lowest BCUT2D eigenvalue weighted by Gasteiger charge is -2.04. The molecule has 0 aliphatic carbocycles. The van der Waals surface area contributed by atoms with Crippen LogP contribution < -0.4 is 4.74 Å². The van der Waals surface area contributed by atoms with Crippen molar-refractivity contribution in [2.75, 3.05) is 6.61 Å². The molecule has 1 aromatic carbocycles. The van der Waals surface area contributed by atoms with Gasteiger partial charge in [-0.3, -0.25) is 4.79 Å². The summed E-state index contributed by atoms with van der Waals surface area (Å²) in [4.78, 5) is 21.2. The zero-order chi connectivity index (χ0) is 11.3. The molecular weight excluding hydrogens is 203 g/mol. The molecule has 0 aromatic heterocycles. The van der Waals surface area contributed by atoms with Crippen LogP contribution in [0.4, 0.5) is 4.39 Å². The molecule has 0 aliphatic rings. The predicted octanol–water partition coefficient (Wildman–Crippen LogP) is 1.29. The molecule has 0 fully saturated rings. The molecule has 1 rings (SSSR count). The Morgan fingerprint density at radius 2 is 1.87 bits per heavy atom. The molecule has 0 saturated heterocycles. The van der Waals surface area contributed by atoms with Gasteiger partial charge in [-0.1, -0.05) is 0 Å². The summed E-state index contributed by atoms with van der Waals surface area (Å²) in [7, 11) is 0. The van der Waals surface area contributed by atoms with Crippen molar-refractivity contribution in [3.05, 3.63) is 30.1 Å². The Bertz CT molecular complexity index is 358. The molecule has 0 spiro atoms. The average molecular weight is 212 g/mol. The van der Waals surface area contributed by atoms with Crippen LogP contribution in [0.5, 0.6) is 5.75 Å². The monoisotopic (exact) mass is 212 g/mol. The van der Waals surface area contributed by atoms with Gasteiger partial charge in [0.05, 0.1) is 0 Å². The Labute approximate surface area is 85.6 Å². The molecule has 0 heterocycles. The van der Waals surface area contributed by atoms with Crippen LogP contribution in [0.25, 0.3) is 0 Å². The number of hydrogen-bond acceptors (Lipinski definition) is 4. The Kier molecular flexibility index (Phi) is 3.79. The molecule has 1 aromatic rings. The minimum Gasteiger partial charge on any atom is -0.482 e. The second-order valence-electron chi connectivity index (χ2n) is 2.71. The maximum absolute atomic E-state index is 12.5. The quantitative estimate of drug-likeness (QED) is 0.559. The molecule has 0 atom stereocenters. The van der Waals surface area contributed by atoms with Crippen LogP contribution in [-0.2, 0) is 14.3 Å². The van der Waals surface area contributed by atoms with Crippen molar-refractivity contribution in [3.63, 3.8) is 0 Å². The summed E-state index contributed by atoms with van der Waals surface area (Å²) < 4.78 is 21.6. The number of halogens is 1. The first-order valence-electron chi connectivity index (χ1n) is 4.17. The summed E-state index contributed by atoms with van der Waals surface area (Å²) in [5.74, 6) is -1.54. The summed E-state index contributed by atoms with van der Waals surface area (Å²) in [6.07, 6.45) is 0. The van der Waals surface area contributed by atoms with Gasteiger partial charge in [0.25, 0.3) is 0 Å². The van der Waals surface area contributed by atoms with Crippen molar-refractivity contribution < 1.29 is 23.5 Å². The van der Waals surface area contributed by atoms with Gasteiger partial charge in [-0.2, -0.15) is 0 Å². The fourth-order valence-corrected chi connectivity index (χ4v) is 0.863. The van der Waals surface area contributed by atoms with Crippen LogP contribution in [0.2, 0.25) is 0 Å². The number of carbonyl (C=O) groups is 2. The van der Waals surface area contributed by atoms with E-state index in [1.807, 2.05) is 0 Å². The highest BCUT2D eigenvalue weighted by Gasteiger charge is 2.06. The van der Waals surface area contributed by atoms with E-state index >= 15 is 0 Å². The Balaban J connectivity index is 2.40. The molecule has 15 heavy (non-hydrogen) atoms. The van der Waals surface area contributed by atoms with Gasteiger partial charge < -0.3 is 9.47 Å². The zero-order valence-electron chi connectivity index (χ0n) is 8.03. The third kappa shape index (κ3) is 4.21. The third-order valence-corrected chi connectivity index (χ3v) is 1.43. The summed E-state index contributed by atoms with van der Waals surface area (Å²) in [5.41, 5.74) is 0. The van der Waals surface area contributed by atoms with Gasteiger partial charge in [0.2, 0.25) is 0 Å². The molecule has 80 valence electrons. The van der Waals surface area contributed by atoms with Gasteiger partial charge in [-0.15, -0.1) is 0 Å². The second kappa shape index (κ2) is 5.09. The van der Waals surface area contributed by atoms with E-state index in [-0.39, 0.29) is 6.61 Å². The van der Waals surface area contributed by atoms with Crippen LogP contribution in [0, 0.1) is 5.82 Å². The van der Waals surface area contributed by atoms with Crippen molar-refractivity contribution >= 4 is 11.9 Å². The highest BCUT2D eigenvalue weighted by molar-refractivity contribution is 5.84. The van der Waals surface area contributed by atoms with Crippen molar-refractivity contribution in [1.29, 1.82) is 0 Å². The predicted molar refractivity (Wildman–Crippen MR) is 48.7 cm³/mol. The van der Waals surface area contributed by atoms with Gasteiger partial charge in [0, 0.05) is 6.92 Å². The third-order valence-electron chi connectivity index (χ3n) is 1.43. The molecule has 0 radical (unpaired) electrons. The van der Waals surface area contributed by atoms with Gasteiger partial charge in [0.15, 0.2) is 6.61 Å². The maximum atomic E-state index is 12.5. The van der Waals surface area contributed by atoms with E-state index in [9.17, 15) is 14.0 Å². The van der Waals surface area contributed by atoms with Crippen LogP contribution in [0.15, 0.2) is 24.3 Å². The first kappa shape index (κ1) is 11.2. The molecule has 5 heteroatoms. The van der Waals surface area contributed by atoms with E-state index in [4.69, 9.17) is 4.74 Å². The maximum Gasteiger partial charge on any atom is 0.351 e. The topological polar surface area (TPSA) is 52.6 Å². The molecule has 0 N–H and O–H groups in total. The van der Waals surface area contributed by atoms with Gasteiger partial charge in [-0.05, 0) is 24.3 Å². The Morgan fingerprint density at radius 1 is 1.27 bits per heavy atom. The van der Waals surface area contributed by atoms with Crippen molar-refractivity contribution in [3.8, 4) is 5.75 Å². The summed E-state index contributed by atoms with van der Waals surface area (Å²) in [6.45, 7) is 0.737. The first-order chi connectivity index (χ1) is 7.08. The first-order valence-corrected chi connectivity index (χ1v) is 4.17. The van der Waals surface area contributed by atoms with E-state index in [1.54, 1.807) is 0 Å².